The first-order chi connectivity index (χ1) is 13.6. The number of pyridine rings is 1. The molecule has 0 saturated heterocycles. The molecule has 0 spiro atoms. The lowest BCUT2D eigenvalue weighted by Gasteiger charge is -2.15. The number of carbonyl (C=O) groups is 1. The Morgan fingerprint density at radius 2 is 1.75 bits per heavy atom. The third kappa shape index (κ3) is 4.68. The Kier molecular flexibility index (Phi) is 6.27. The standard InChI is InChI=1S/C23H25N3O2/c1-4-28-22-12-8-7-11-20(22)26-23(27)21-15-17(13-14-24-21)25-19-10-6-5-9-18(19)16(2)3/h5-16H,4H2,1-3H3,(H,24,25)(H,26,27). The van der Waals surface area contributed by atoms with E-state index in [4.69, 9.17) is 4.74 Å². The summed E-state index contributed by atoms with van der Waals surface area (Å²) in [6.45, 7) is 6.74. The van der Waals surface area contributed by atoms with E-state index < -0.39 is 0 Å². The molecule has 2 N–H and O–H groups in total. The molecule has 0 fully saturated rings. The van der Waals surface area contributed by atoms with Crippen LogP contribution in [0.25, 0.3) is 0 Å². The maximum absolute atomic E-state index is 12.7. The summed E-state index contributed by atoms with van der Waals surface area (Å²) in [4.78, 5) is 16.9. The van der Waals surface area contributed by atoms with Gasteiger partial charge in [0.2, 0.25) is 0 Å². The van der Waals surface area contributed by atoms with Gasteiger partial charge in [-0.2, -0.15) is 0 Å². The highest BCUT2D eigenvalue weighted by atomic mass is 16.5. The van der Waals surface area contributed by atoms with E-state index >= 15 is 0 Å². The van der Waals surface area contributed by atoms with Gasteiger partial charge in [-0.15, -0.1) is 0 Å². The predicted octanol–water partition coefficient (Wildman–Crippen LogP) is 5.60. The van der Waals surface area contributed by atoms with Gasteiger partial charge in [0, 0.05) is 17.6 Å². The molecule has 0 aliphatic heterocycles. The summed E-state index contributed by atoms with van der Waals surface area (Å²) in [5, 5.41) is 6.28. The molecule has 144 valence electrons. The molecule has 3 rings (SSSR count). The number of aromatic nitrogens is 1. The van der Waals surface area contributed by atoms with Gasteiger partial charge in [0.05, 0.1) is 12.3 Å². The van der Waals surface area contributed by atoms with Crippen LogP contribution in [-0.4, -0.2) is 17.5 Å². The molecule has 0 atom stereocenters. The summed E-state index contributed by atoms with van der Waals surface area (Å²) in [6, 6.07) is 19.1. The molecule has 2 aromatic carbocycles. The van der Waals surface area contributed by atoms with Crippen molar-refractivity contribution in [2.45, 2.75) is 26.7 Å². The van der Waals surface area contributed by atoms with E-state index in [0.717, 1.165) is 11.4 Å². The number of nitrogens with one attached hydrogen (secondary N) is 2. The van der Waals surface area contributed by atoms with Crippen LogP contribution in [0, 0.1) is 0 Å². The number of hydrogen-bond acceptors (Lipinski definition) is 4. The molecule has 0 aliphatic carbocycles. The summed E-state index contributed by atoms with van der Waals surface area (Å²) in [7, 11) is 0. The van der Waals surface area contributed by atoms with Crippen LogP contribution in [0.15, 0.2) is 66.9 Å². The Morgan fingerprint density at radius 3 is 2.50 bits per heavy atom. The van der Waals surface area contributed by atoms with Crippen LogP contribution in [0.4, 0.5) is 17.1 Å². The van der Waals surface area contributed by atoms with Crippen molar-refractivity contribution in [1.82, 2.24) is 4.98 Å². The molecule has 5 heteroatoms. The van der Waals surface area contributed by atoms with Crippen molar-refractivity contribution in [3.63, 3.8) is 0 Å². The monoisotopic (exact) mass is 375 g/mol. The van der Waals surface area contributed by atoms with Gasteiger partial charge in [-0.3, -0.25) is 9.78 Å². The van der Waals surface area contributed by atoms with Crippen LogP contribution in [0.1, 0.15) is 42.7 Å². The van der Waals surface area contributed by atoms with Crippen LogP contribution in [0.5, 0.6) is 5.75 Å². The molecule has 0 aliphatic rings. The Bertz CT molecular complexity index is 954. The summed E-state index contributed by atoms with van der Waals surface area (Å²) in [6.07, 6.45) is 1.63. The van der Waals surface area contributed by atoms with E-state index in [-0.39, 0.29) is 5.91 Å². The number of para-hydroxylation sites is 3. The van der Waals surface area contributed by atoms with E-state index in [1.807, 2.05) is 55.5 Å². The maximum Gasteiger partial charge on any atom is 0.274 e. The highest BCUT2D eigenvalue weighted by molar-refractivity contribution is 6.04. The fraction of sp³-hybridized carbons (Fsp3) is 0.217. The van der Waals surface area contributed by atoms with Gasteiger partial charge in [0.15, 0.2) is 0 Å². The van der Waals surface area contributed by atoms with Crippen molar-refractivity contribution in [1.29, 1.82) is 0 Å². The van der Waals surface area contributed by atoms with Gasteiger partial charge in [-0.25, -0.2) is 0 Å². The SMILES string of the molecule is CCOc1ccccc1NC(=O)c1cc(Nc2ccccc2C(C)C)ccn1. The molecule has 28 heavy (non-hydrogen) atoms. The van der Waals surface area contributed by atoms with E-state index in [1.54, 1.807) is 12.3 Å². The van der Waals surface area contributed by atoms with Crippen LogP contribution >= 0.6 is 0 Å². The molecule has 1 amide bonds. The van der Waals surface area contributed by atoms with Crippen molar-refractivity contribution in [2.75, 3.05) is 17.2 Å². The molecule has 3 aromatic rings. The second-order valence-corrected chi connectivity index (χ2v) is 6.68. The van der Waals surface area contributed by atoms with Gasteiger partial charge < -0.3 is 15.4 Å². The summed E-state index contributed by atoms with van der Waals surface area (Å²) in [5.41, 5.74) is 4.01. The Morgan fingerprint density at radius 1 is 1.04 bits per heavy atom. The first kappa shape index (κ1) is 19.4. The number of carbonyl (C=O) groups excluding carboxylic acids is 1. The minimum atomic E-state index is -0.284. The smallest absolute Gasteiger partial charge is 0.274 e. The second-order valence-electron chi connectivity index (χ2n) is 6.68. The Balaban J connectivity index is 1.79. The lowest BCUT2D eigenvalue weighted by atomic mass is 10.0. The summed E-state index contributed by atoms with van der Waals surface area (Å²) < 4.78 is 5.56. The first-order valence-electron chi connectivity index (χ1n) is 9.43. The molecule has 0 bridgehead atoms. The van der Waals surface area contributed by atoms with Crippen LogP contribution in [0.3, 0.4) is 0 Å². The molecular formula is C23H25N3O2. The maximum atomic E-state index is 12.7. The minimum Gasteiger partial charge on any atom is -0.492 e. The van der Waals surface area contributed by atoms with Gasteiger partial charge in [0.25, 0.3) is 5.91 Å². The van der Waals surface area contributed by atoms with Gasteiger partial charge in [0.1, 0.15) is 11.4 Å². The third-order valence-corrected chi connectivity index (χ3v) is 4.29. The Hall–Kier alpha value is -3.34. The zero-order valence-electron chi connectivity index (χ0n) is 16.4. The van der Waals surface area contributed by atoms with E-state index in [1.165, 1.54) is 5.56 Å². The quantitative estimate of drug-likeness (QED) is 0.564. The second kappa shape index (κ2) is 9.04. The fourth-order valence-electron chi connectivity index (χ4n) is 2.94. The zero-order valence-corrected chi connectivity index (χ0v) is 16.4. The number of benzene rings is 2. The van der Waals surface area contributed by atoms with Crippen molar-refractivity contribution in [3.05, 3.63) is 78.1 Å². The average molecular weight is 375 g/mol. The van der Waals surface area contributed by atoms with Gasteiger partial charge in [-0.05, 0) is 48.7 Å². The number of anilines is 3. The fourth-order valence-corrected chi connectivity index (χ4v) is 2.94. The molecule has 5 nitrogen and oxygen atoms in total. The average Bonchev–Trinajstić information content (AvgIpc) is 2.70. The third-order valence-electron chi connectivity index (χ3n) is 4.29. The first-order valence-corrected chi connectivity index (χ1v) is 9.43. The van der Waals surface area contributed by atoms with E-state index in [2.05, 4.69) is 35.5 Å². The van der Waals surface area contributed by atoms with E-state index in [0.29, 0.717) is 29.7 Å². The molecule has 1 heterocycles. The summed E-state index contributed by atoms with van der Waals surface area (Å²) in [5.74, 6) is 0.745. The number of nitrogens with zero attached hydrogens (tertiary/aromatic N) is 1. The largest absolute Gasteiger partial charge is 0.492 e. The topological polar surface area (TPSA) is 63.2 Å². The van der Waals surface area contributed by atoms with E-state index in [9.17, 15) is 4.79 Å². The van der Waals surface area contributed by atoms with Crippen LogP contribution < -0.4 is 15.4 Å². The molecule has 0 saturated carbocycles. The lowest BCUT2D eigenvalue weighted by Crippen LogP contribution is -2.14. The normalized spacial score (nSPS) is 10.6. The van der Waals surface area contributed by atoms with Crippen molar-refractivity contribution < 1.29 is 9.53 Å². The number of rotatable bonds is 7. The Labute approximate surface area is 165 Å². The number of ether oxygens (including phenoxy) is 1. The van der Waals surface area contributed by atoms with Gasteiger partial charge in [-0.1, -0.05) is 44.2 Å². The van der Waals surface area contributed by atoms with Crippen molar-refractivity contribution in [2.24, 2.45) is 0 Å². The van der Waals surface area contributed by atoms with Crippen molar-refractivity contribution >= 4 is 23.0 Å². The number of hydrogen-bond donors (Lipinski definition) is 2. The molecular weight excluding hydrogens is 350 g/mol. The zero-order chi connectivity index (χ0) is 19.9. The van der Waals surface area contributed by atoms with Gasteiger partial charge >= 0.3 is 0 Å². The molecule has 1 aromatic heterocycles. The van der Waals surface area contributed by atoms with Crippen molar-refractivity contribution in [3.8, 4) is 5.75 Å². The molecule has 0 unspecified atom stereocenters. The van der Waals surface area contributed by atoms with Crippen LogP contribution in [0.2, 0.25) is 0 Å². The highest BCUT2D eigenvalue weighted by Gasteiger charge is 2.12. The molecule has 0 radical (unpaired) electrons. The predicted molar refractivity (Wildman–Crippen MR) is 114 cm³/mol. The number of amides is 1. The highest BCUT2D eigenvalue weighted by Crippen LogP contribution is 2.27. The van der Waals surface area contributed by atoms with Crippen LogP contribution in [-0.2, 0) is 0 Å². The lowest BCUT2D eigenvalue weighted by molar-refractivity contribution is 0.102. The summed E-state index contributed by atoms with van der Waals surface area (Å²) >= 11 is 0. The minimum absolute atomic E-state index is 0.284.